The van der Waals surface area contributed by atoms with Crippen molar-refractivity contribution in [1.29, 1.82) is 0 Å². The number of amides is 2. The normalized spacial score (nSPS) is 17.8. The highest BCUT2D eigenvalue weighted by atomic mass is 35.5. The van der Waals surface area contributed by atoms with Crippen molar-refractivity contribution < 1.29 is 22.8 Å². The van der Waals surface area contributed by atoms with Crippen molar-refractivity contribution in [3.63, 3.8) is 0 Å². The second-order valence-corrected chi connectivity index (χ2v) is 9.70. The Morgan fingerprint density at radius 3 is 2.58 bits per heavy atom. The van der Waals surface area contributed by atoms with E-state index < -0.39 is 30.4 Å². The molecule has 2 amide bonds. The molecule has 1 atom stereocenters. The van der Waals surface area contributed by atoms with Crippen LogP contribution in [0, 0.1) is 0 Å². The number of benzene rings is 2. The SMILES string of the molecule is CN(C(=O)[C@@H]1Cc2cccc(c2)CCC/C=C/Cc2cc(C(F)(F)F)nn2CC(=O)N1)c1ccc(Cl)cc1. The van der Waals surface area contributed by atoms with Gasteiger partial charge in [0.2, 0.25) is 11.8 Å². The number of carbonyl (C=O) groups is 2. The molecular weight excluding hydrogens is 517 g/mol. The van der Waals surface area contributed by atoms with E-state index in [4.69, 9.17) is 11.6 Å². The van der Waals surface area contributed by atoms with Crippen molar-refractivity contribution in [2.75, 3.05) is 11.9 Å². The molecule has 1 aliphatic heterocycles. The third-order valence-electron chi connectivity index (χ3n) is 6.39. The molecule has 6 nitrogen and oxygen atoms in total. The molecule has 1 aliphatic rings. The number of anilines is 1. The van der Waals surface area contributed by atoms with E-state index >= 15 is 0 Å². The highest BCUT2D eigenvalue weighted by Gasteiger charge is 2.35. The lowest BCUT2D eigenvalue weighted by molar-refractivity contribution is -0.141. The van der Waals surface area contributed by atoms with Gasteiger partial charge in [-0.3, -0.25) is 14.3 Å². The molecule has 38 heavy (non-hydrogen) atoms. The van der Waals surface area contributed by atoms with Crippen LogP contribution in [0.4, 0.5) is 18.9 Å². The molecule has 2 bridgehead atoms. The van der Waals surface area contributed by atoms with Crippen LogP contribution in [0.5, 0.6) is 0 Å². The first-order valence-electron chi connectivity index (χ1n) is 12.3. The predicted octanol–water partition coefficient (Wildman–Crippen LogP) is 5.38. The zero-order valence-corrected chi connectivity index (χ0v) is 21.6. The van der Waals surface area contributed by atoms with E-state index in [0.29, 0.717) is 10.7 Å². The first-order chi connectivity index (χ1) is 18.1. The number of halogens is 4. The number of hydrogen-bond acceptors (Lipinski definition) is 3. The molecule has 0 spiro atoms. The second-order valence-electron chi connectivity index (χ2n) is 9.26. The fraction of sp³-hybridized carbons (Fsp3) is 0.321. The van der Waals surface area contributed by atoms with Gasteiger partial charge in [0.1, 0.15) is 12.6 Å². The summed E-state index contributed by atoms with van der Waals surface area (Å²) in [7, 11) is 1.60. The smallest absolute Gasteiger partial charge is 0.342 e. The van der Waals surface area contributed by atoms with Crippen LogP contribution in [0.3, 0.4) is 0 Å². The first-order valence-corrected chi connectivity index (χ1v) is 12.7. The van der Waals surface area contributed by atoms with E-state index in [9.17, 15) is 22.8 Å². The van der Waals surface area contributed by atoms with Crippen LogP contribution in [0.25, 0.3) is 0 Å². The number of carbonyl (C=O) groups excluding carboxylic acids is 2. The van der Waals surface area contributed by atoms with Gasteiger partial charge >= 0.3 is 6.18 Å². The number of rotatable bonds is 2. The molecular formula is C28H28ClF3N4O2. The average Bonchev–Trinajstić information content (AvgIpc) is 3.28. The molecule has 0 fully saturated rings. The Labute approximate surface area is 224 Å². The van der Waals surface area contributed by atoms with Gasteiger partial charge in [-0.25, -0.2) is 0 Å². The van der Waals surface area contributed by atoms with E-state index in [-0.39, 0.29) is 24.4 Å². The molecule has 0 aliphatic carbocycles. The van der Waals surface area contributed by atoms with Crippen LogP contribution in [-0.4, -0.2) is 34.7 Å². The molecule has 0 radical (unpaired) electrons. The lowest BCUT2D eigenvalue weighted by Gasteiger charge is -2.25. The zero-order valence-electron chi connectivity index (χ0n) is 20.8. The largest absolute Gasteiger partial charge is 0.435 e. The Balaban J connectivity index is 1.65. The van der Waals surface area contributed by atoms with Gasteiger partial charge in [0, 0.05) is 36.3 Å². The number of aromatic nitrogens is 2. The highest BCUT2D eigenvalue weighted by Crippen LogP contribution is 2.29. The molecule has 2 heterocycles. The van der Waals surface area contributed by atoms with Gasteiger partial charge in [0.15, 0.2) is 5.69 Å². The van der Waals surface area contributed by atoms with E-state index in [1.165, 1.54) is 4.90 Å². The average molecular weight is 545 g/mol. The van der Waals surface area contributed by atoms with Gasteiger partial charge in [-0.15, -0.1) is 0 Å². The molecule has 0 saturated carbocycles. The van der Waals surface area contributed by atoms with Crippen LogP contribution < -0.4 is 10.2 Å². The van der Waals surface area contributed by atoms with Gasteiger partial charge in [-0.05, 0) is 60.7 Å². The van der Waals surface area contributed by atoms with Crippen LogP contribution in [-0.2, 0) is 41.6 Å². The standard InChI is InChI=1S/C28H28ClF3N4O2/c1-35(22-13-11-21(29)12-14-22)27(38)24-16-20-9-6-8-19(15-20)7-4-2-3-5-10-23-17-25(28(30,31)32)34-36(23)18-26(37)33-24/h3,5-6,8-9,11-15,17,24H,2,4,7,10,16,18H2,1H3,(H,33,37)/b5-3+/t24-/m0/s1. The number of nitrogens with one attached hydrogen (secondary N) is 1. The number of hydrogen-bond donors (Lipinski definition) is 1. The van der Waals surface area contributed by atoms with Crippen molar-refractivity contribution in [1.82, 2.24) is 15.1 Å². The molecule has 200 valence electrons. The Kier molecular flexibility index (Phi) is 8.56. The fourth-order valence-electron chi connectivity index (χ4n) is 4.39. The van der Waals surface area contributed by atoms with Crippen molar-refractivity contribution in [3.8, 4) is 0 Å². The van der Waals surface area contributed by atoms with Gasteiger partial charge < -0.3 is 10.2 Å². The Bertz CT molecular complexity index is 1320. The summed E-state index contributed by atoms with van der Waals surface area (Å²) in [5.74, 6) is -0.982. The Morgan fingerprint density at radius 2 is 1.84 bits per heavy atom. The third kappa shape index (κ3) is 7.04. The quantitative estimate of drug-likeness (QED) is 0.440. The minimum absolute atomic E-state index is 0.202. The fourth-order valence-corrected chi connectivity index (χ4v) is 4.52. The van der Waals surface area contributed by atoms with Crippen LogP contribution in [0.15, 0.2) is 66.7 Å². The molecule has 4 rings (SSSR count). The number of nitrogens with zero attached hydrogens (tertiary/aromatic N) is 3. The molecule has 10 heteroatoms. The summed E-state index contributed by atoms with van der Waals surface area (Å²) >= 11 is 5.98. The lowest BCUT2D eigenvalue weighted by atomic mass is 9.99. The monoisotopic (exact) mass is 544 g/mol. The summed E-state index contributed by atoms with van der Waals surface area (Å²) in [6.07, 6.45) is 1.95. The predicted molar refractivity (Wildman–Crippen MR) is 140 cm³/mol. The lowest BCUT2D eigenvalue weighted by Crippen LogP contribution is -2.49. The topological polar surface area (TPSA) is 67.2 Å². The van der Waals surface area contributed by atoms with E-state index in [1.54, 1.807) is 37.4 Å². The van der Waals surface area contributed by atoms with Crippen molar-refractivity contribution in [2.24, 2.45) is 0 Å². The molecule has 2 aromatic carbocycles. The van der Waals surface area contributed by atoms with Crippen LogP contribution >= 0.6 is 11.6 Å². The van der Waals surface area contributed by atoms with Gasteiger partial charge in [0.25, 0.3) is 0 Å². The molecule has 1 aromatic heterocycles. The Morgan fingerprint density at radius 1 is 1.11 bits per heavy atom. The van der Waals surface area contributed by atoms with Crippen molar-refractivity contribution in [2.45, 2.75) is 50.9 Å². The number of fused-ring (bicyclic) bond motifs is 3. The third-order valence-corrected chi connectivity index (χ3v) is 6.64. The van der Waals surface area contributed by atoms with Crippen LogP contribution in [0.2, 0.25) is 5.02 Å². The second kappa shape index (κ2) is 11.9. The van der Waals surface area contributed by atoms with Gasteiger partial charge in [-0.1, -0.05) is 48.0 Å². The number of allylic oxidation sites excluding steroid dienone is 2. The molecule has 0 unspecified atom stereocenters. The maximum atomic E-state index is 13.5. The maximum Gasteiger partial charge on any atom is 0.435 e. The summed E-state index contributed by atoms with van der Waals surface area (Å²) in [5, 5.41) is 6.91. The highest BCUT2D eigenvalue weighted by molar-refractivity contribution is 6.30. The van der Waals surface area contributed by atoms with E-state index in [1.807, 2.05) is 30.3 Å². The number of likely N-dealkylation sites (N-methyl/N-ethyl adjacent to an activating group) is 1. The van der Waals surface area contributed by atoms with Crippen molar-refractivity contribution >= 4 is 29.1 Å². The Hall–Kier alpha value is -3.59. The van der Waals surface area contributed by atoms with E-state index in [0.717, 1.165) is 41.1 Å². The summed E-state index contributed by atoms with van der Waals surface area (Å²) in [5.41, 5.74) is 1.78. The van der Waals surface area contributed by atoms with Crippen molar-refractivity contribution in [3.05, 3.63) is 94.3 Å². The number of aryl methyl sites for hydroxylation is 1. The summed E-state index contributed by atoms with van der Waals surface area (Å²) in [4.78, 5) is 28.1. The molecule has 1 N–H and O–H groups in total. The van der Waals surface area contributed by atoms with Gasteiger partial charge in [-0.2, -0.15) is 18.3 Å². The summed E-state index contributed by atoms with van der Waals surface area (Å²) < 4.78 is 41.1. The van der Waals surface area contributed by atoms with E-state index in [2.05, 4.69) is 10.4 Å². The number of alkyl halides is 3. The minimum atomic E-state index is -4.64. The minimum Gasteiger partial charge on any atom is -0.342 e. The molecule has 0 saturated heterocycles. The summed E-state index contributed by atoms with van der Waals surface area (Å²) in [6, 6.07) is 14.6. The van der Waals surface area contributed by atoms with Gasteiger partial charge in [0.05, 0.1) is 0 Å². The maximum absolute atomic E-state index is 13.5. The first kappa shape index (κ1) is 27.4. The summed E-state index contributed by atoms with van der Waals surface area (Å²) in [6.45, 7) is -0.451. The van der Waals surface area contributed by atoms with Crippen LogP contribution in [0.1, 0.15) is 35.4 Å². The molecule has 3 aromatic rings. The zero-order chi connectivity index (χ0) is 27.3.